The van der Waals surface area contributed by atoms with Crippen molar-refractivity contribution >= 4 is 21.9 Å². The van der Waals surface area contributed by atoms with Gasteiger partial charge in [-0.15, -0.1) is 0 Å². The molecule has 0 spiro atoms. The maximum atomic E-state index is 13.0. The van der Waals surface area contributed by atoms with E-state index in [1.54, 1.807) is 6.07 Å². The van der Waals surface area contributed by atoms with Crippen molar-refractivity contribution in [2.45, 2.75) is 30.6 Å². The third kappa shape index (κ3) is 5.18. The van der Waals surface area contributed by atoms with Crippen LogP contribution >= 0.6 is 0 Å². The third-order valence-corrected chi connectivity index (χ3v) is 6.93. The van der Waals surface area contributed by atoms with E-state index >= 15 is 0 Å². The van der Waals surface area contributed by atoms with E-state index in [1.807, 2.05) is 0 Å². The number of rotatable bonds is 6. The highest BCUT2D eigenvalue weighted by Crippen LogP contribution is 2.33. The first-order valence-electron chi connectivity index (χ1n) is 9.66. The number of piperidine rings is 1. The molecule has 1 aromatic carbocycles. The van der Waals surface area contributed by atoms with Crippen LogP contribution in [0.15, 0.2) is 23.1 Å². The van der Waals surface area contributed by atoms with Gasteiger partial charge in [0.15, 0.2) is 11.5 Å². The van der Waals surface area contributed by atoms with Gasteiger partial charge in [-0.2, -0.15) is 4.31 Å². The first-order chi connectivity index (χ1) is 13.9. The Morgan fingerprint density at radius 1 is 1.17 bits per heavy atom. The molecule has 0 saturated carbocycles. The standard InChI is InChI=1S/C19H26N2O7S/c1-26-18(22)5-8-20-19(23)14-6-9-21(10-7-14)29(24,25)15-3-4-16-17(13-15)28-12-2-11-27-16/h3-4,13-14H,2,5-12H2,1H3,(H,20,23). The maximum Gasteiger partial charge on any atom is 0.307 e. The van der Waals surface area contributed by atoms with E-state index in [9.17, 15) is 18.0 Å². The van der Waals surface area contributed by atoms with Gasteiger partial charge in [0.25, 0.3) is 0 Å². The molecule has 1 fully saturated rings. The summed E-state index contributed by atoms with van der Waals surface area (Å²) < 4.78 is 43.1. The van der Waals surface area contributed by atoms with Gasteiger partial charge in [-0.25, -0.2) is 8.42 Å². The minimum atomic E-state index is -3.68. The number of esters is 1. The van der Waals surface area contributed by atoms with E-state index in [-0.39, 0.29) is 48.7 Å². The van der Waals surface area contributed by atoms with Crippen molar-refractivity contribution in [3.63, 3.8) is 0 Å². The Balaban J connectivity index is 1.58. The molecule has 2 heterocycles. The molecule has 0 atom stereocenters. The molecule has 2 aliphatic heterocycles. The first kappa shape index (κ1) is 21.4. The number of benzene rings is 1. The molecule has 0 unspecified atom stereocenters. The van der Waals surface area contributed by atoms with Crippen LogP contribution in [-0.2, 0) is 24.3 Å². The van der Waals surface area contributed by atoms with Gasteiger partial charge in [0.2, 0.25) is 15.9 Å². The van der Waals surface area contributed by atoms with Crippen LogP contribution < -0.4 is 14.8 Å². The molecule has 29 heavy (non-hydrogen) atoms. The van der Waals surface area contributed by atoms with Crippen molar-refractivity contribution in [1.82, 2.24) is 9.62 Å². The zero-order valence-corrected chi connectivity index (χ0v) is 17.2. The summed E-state index contributed by atoms with van der Waals surface area (Å²) in [5.41, 5.74) is 0. The minimum Gasteiger partial charge on any atom is -0.490 e. The van der Waals surface area contributed by atoms with Crippen LogP contribution in [0, 0.1) is 5.92 Å². The lowest BCUT2D eigenvalue weighted by Gasteiger charge is -2.30. The van der Waals surface area contributed by atoms with Crippen molar-refractivity contribution in [2.24, 2.45) is 5.92 Å². The molecule has 0 bridgehead atoms. The largest absolute Gasteiger partial charge is 0.490 e. The Bertz CT molecular complexity index is 848. The van der Waals surface area contributed by atoms with Crippen molar-refractivity contribution < 1.29 is 32.2 Å². The Morgan fingerprint density at radius 3 is 2.55 bits per heavy atom. The van der Waals surface area contributed by atoms with Crippen molar-refractivity contribution in [3.05, 3.63) is 18.2 Å². The second kappa shape index (κ2) is 9.45. The molecule has 0 aliphatic carbocycles. The summed E-state index contributed by atoms with van der Waals surface area (Å²) in [6, 6.07) is 4.64. The Labute approximate surface area is 170 Å². The highest BCUT2D eigenvalue weighted by molar-refractivity contribution is 7.89. The number of amides is 1. The molecule has 0 aromatic heterocycles. The molecule has 1 N–H and O–H groups in total. The van der Waals surface area contributed by atoms with E-state index in [0.29, 0.717) is 37.6 Å². The fraction of sp³-hybridized carbons (Fsp3) is 0.579. The number of nitrogens with one attached hydrogen (secondary N) is 1. The SMILES string of the molecule is COC(=O)CCNC(=O)C1CCN(S(=O)(=O)c2ccc3c(c2)OCCCO3)CC1. The predicted molar refractivity (Wildman–Crippen MR) is 103 cm³/mol. The van der Waals surface area contributed by atoms with Gasteiger partial charge in [0, 0.05) is 38.0 Å². The summed E-state index contributed by atoms with van der Waals surface area (Å²) in [5.74, 6) is 0.151. The van der Waals surface area contributed by atoms with E-state index in [1.165, 1.54) is 23.5 Å². The molecule has 1 aromatic rings. The van der Waals surface area contributed by atoms with Crippen LogP contribution in [0.3, 0.4) is 0 Å². The molecule has 1 saturated heterocycles. The zero-order chi connectivity index (χ0) is 20.9. The molecular weight excluding hydrogens is 400 g/mol. The smallest absolute Gasteiger partial charge is 0.307 e. The number of hydrogen-bond acceptors (Lipinski definition) is 7. The predicted octanol–water partition coefficient (Wildman–Crippen LogP) is 0.928. The molecule has 9 nitrogen and oxygen atoms in total. The van der Waals surface area contributed by atoms with Gasteiger partial charge in [-0.05, 0) is 25.0 Å². The summed E-state index contributed by atoms with van der Waals surface area (Å²) in [4.78, 5) is 23.5. The molecule has 10 heteroatoms. The van der Waals surface area contributed by atoms with Gasteiger partial charge in [0.05, 0.1) is 31.6 Å². The lowest BCUT2D eigenvalue weighted by atomic mass is 9.97. The second-order valence-electron chi connectivity index (χ2n) is 6.95. The fourth-order valence-corrected chi connectivity index (χ4v) is 4.83. The summed E-state index contributed by atoms with van der Waals surface area (Å²) in [5, 5.41) is 2.70. The van der Waals surface area contributed by atoms with Crippen LogP contribution in [0.25, 0.3) is 0 Å². The lowest BCUT2D eigenvalue weighted by Crippen LogP contribution is -2.43. The summed E-state index contributed by atoms with van der Waals surface area (Å²) >= 11 is 0. The highest BCUT2D eigenvalue weighted by atomic mass is 32.2. The van der Waals surface area contributed by atoms with Crippen LogP contribution in [0.4, 0.5) is 0 Å². The number of carbonyl (C=O) groups is 2. The van der Waals surface area contributed by atoms with Crippen molar-refractivity contribution in [1.29, 1.82) is 0 Å². The molecule has 1 amide bonds. The van der Waals surface area contributed by atoms with E-state index < -0.39 is 10.0 Å². The number of hydrogen-bond donors (Lipinski definition) is 1. The van der Waals surface area contributed by atoms with Gasteiger partial charge < -0.3 is 19.5 Å². The summed E-state index contributed by atoms with van der Waals surface area (Å²) in [7, 11) is -2.39. The van der Waals surface area contributed by atoms with Crippen LogP contribution in [0.1, 0.15) is 25.7 Å². The van der Waals surface area contributed by atoms with E-state index in [4.69, 9.17) is 9.47 Å². The average Bonchev–Trinajstić information content (AvgIpc) is 2.98. The second-order valence-corrected chi connectivity index (χ2v) is 8.89. The fourth-order valence-electron chi connectivity index (χ4n) is 3.35. The third-order valence-electron chi connectivity index (χ3n) is 5.04. The van der Waals surface area contributed by atoms with Gasteiger partial charge in [-0.3, -0.25) is 9.59 Å². The molecular formula is C19H26N2O7S. The van der Waals surface area contributed by atoms with Crippen LogP contribution in [0.5, 0.6) is 11.5 Å². The molecule has 0 radical (unpaired) electrons. The molecule has 160 valence electrons. The average molecular weight is 426 g/mol. The Hall–Kier alpha value is -2.33. The number of ether oxygens (including phenoxy) is 3. The van der Waals surface area contributed by atoms with E-state index in [0.717, 1.165) is 6.42 Å². The minimum absolute atomic E-state index is 0.111. The topological polar surface area (TPSA) is 111 Å². The highest BCUT2D eigenvalue weighted by Gasteiger charge is 2.32. The van der Waals surface area contributed by atoms with E-state index in [2.05, 4.69) is 10.1 Å². The number of methoxy groups -OCH3 is 1. The number of sulfonamides is 1. The van der Waals surface area contributed by atoms with Gasteiger partial charge >= 0.3 is 5.97 Å². The normalized spacial score (nSPS) is 18.0. The van der Waals surface area contributed by atoms with Gasteiger partial charge in [-0.1, -0.05) is 0 Å². The Kier molecular flexibility index (Phi) is 6.96. The summed E-state index contributed by atoms with van der Waals surface area (Å²) in [6.07, 6.45) is 1.70. The van der Waals surface area contributed by atoms with Gasteiger partial charge in [0.1, 0.15) is 0 Å². The molecule has 3 rings (SSSR count). The van der Waals surface area contributed by atoms with Crippen molar-refractivity contribution in [2.75, 3.05) is 40.0 Å². The maximum absolute atomic E-state index is 13.0. The quantitative estimate of drug-likeness (QED) is 0.674. The monoisotopic (exact) mass is 426 g/mol. The number of fused-ring (bicyclic) bond motifs is 1. The molecule has 2 aliphatic rings. The number of carbonyl (C=O) groups excluding carboxylic acids is 2. The Morgan fingerprint density at radius 2 is 1.86 bits per heavy atom. The number of nitrogens with zero attached hydrogens (tertiary/aromatic N) is 1. The van der Waals surface area contributed by atoms with Crippen molar-refractivity contribution in [3.8, 4) is 11.5 Å². The summed E-state index contributed by atoms with van der Waals surface area (Å²) in [6.45, 7) is 1.74. The lowest BCUT2D eigenvalue weighted by molar-refractivity contribution is -0.140. The van der Waals surface area contributed by atoms with Crippen LogP contribution in [0.2, 0.25) is 0 Å². The van der Waals surface area contributed by atoms with Crippen LogP contribution in [-0.4, -0.2) is 64.6 Å². The first-order valence-corrected chi connectivity index (χ1v) is 11.1. The zero-order valence-electron chi connectivity index (χ0n) is 16.4.